The lowest BCUT2D eigenvalue weighted by atomic mass is 10.1. The van der Waals surface area contributed by atoms with Gasteiger partial charge in [-0.25, -0.2) is 4.79 Å². The van der Waals surface area contributed by atoms with E-state index in [1.165, 1.54) is 0 Å². The first-order chi connectivity index (χ1) is 8.22. The summed E-state index contributed by atoms with van der Waals surface area (Å²) < 4.78 is 1.99. The molecule has 0 spiro atoms. The Labute approximate surface area is 98.7 Å². The average Bonchev–Trinajstić information content (AvgIpc) is 2.72. The van der Waals surface area contributed by atoms with Gasteiger partial charge in [0.05, 0.1) is 11.6 Å². The topological polar surface area (TPSA) is 66.0 Å². The maximum atomic E-state index is 10.9. The van der Waals surface area contributed by atoms with E-state index < -0.39 is 5.97 Å². The van der Waals surface area contributed by atoms with Gasteiger partial charge >= 0.3 is 5.97 Å². The van der Waals surface area contributed by atoms with Gasteiger partial charge in [0.1, 0.15) is 0 Å². The van der Waals surface area contributed by atoms with Crippen LogP contribution in [0.3, 0.4) is 0 Å². The highest BCUT2D eigenvalue weighted by molar-refractivity contribution is 5.93. The number of carboxylic acids is 1. The lowest BCUT2D eigenvalue weighted by Crippen LogP contribution is -1.99. The number of hydrogen-bond acceptors (Lipinski definition) is 2. The third-order valence-electron chi connectivity index (χ3n) is 2.71. The SMILES string of the molecule is N#CCCCn1ccc2ccc(C(=O)O)cc21. The second-order valence-electron chi connectivity index (χ2n) is 3.85. The molecule has 0 radical (unpaired) electrons. The van der Waals surface area contributed by atoms with Crippen LogP contribution in [0.15, 0.2) is 30.5 Å². The van der Waals surface area contributed by atoms with Gasteiger partial charge in [0.15, 0.2) is 0 Å². The predicted octanol–water partition coefficient (Wildman–Crippen LogP) is 2.64. The van der Waals surface area contributed by atoms with Crippen LogP contribution in [0.5, 0.6) is 0 Å². The lowest BCUT2D eigenvalue weighted by molar-refractivity contribution is 0.0697. The normalized spacial score (nSPS) is 10.3. The summed E-state index contributed by atoms with van der Waals surface area (Å²) in [4.78, 5) is 10.9. The lowest BCUT2D eigenvalue weighted by Gasteiger charge is -2.04. The summed E-state index contributed by atoms with van der Waals surface area (Å²) in [5.74, 6) is -0.920. The molecule has 0 saturated heterocycles. The molecule has 0 amide bonds. The van der Waals surface area contributed by atoms with Crippen molar-refractivity contribution in [2.75, 3.05) is 0 Å². The number of rotatable bonds is 4. The Balaban J connectivity index is 2.33. The fourth-order valence-electron chi connectivity index (χ4n) is 1.84. The molecule has 4 heteroatoms. The molecule has 4 nitrogen and oxygen atoms in total. The maximum Gasteiger partial charge on any atom is 0.335 e. The van der Waals surface area contributed by atoms with Crippen molar-refractivity contribution in [3.05, 3.63) is 36.0 Å². The van der Waals surface area contributed by atoms with Crippen LogP contribution in [0.25, 0.3) is 10.9 Å². The summed E-state index contributed by atoms with van der Waals surface area (Å²) in [5, 5.41) is 18.4. The molecule has 17 heavy (non-hydrogen) atoms. The van der Waals surface area contributed by atoms with E-state index in [4.69, 9.17) is 10.4 Å². The number of carboxylic acid groups (broad SMARTS) is 1. The zero-order valence-electron chi connectivity index (χ0n) is 9.26. The second kappa shape index (κ2) is 4.71. The quantitative estimate of drug-likeness (QED) is 0.818. The molecule has 0 bridgehead atoms. The van der Waals surface area contributed by atoms with E-state index in [0.29, 0.717) is 6.42 Å². The van der Waals surface area contributed by atoms with Gasteiger partial charge in [-0.2, -0.15) is 5.26 Å². The number of unbranched alkanes of at least 4 members (excludes halogenated alkanes) is 1. The van der Waals surface area contributed by atoms with Gasteiger partial charge in [0, 0.05) is 24.7 Å². The number of hydrogen-bond donors (Lipinski definition) is 1. The zero-order valence-corrected chi connectivity index (χ0v) is 9.26. The van der Waals surface area contributed by atoms with Gasteiger partial charge in [-0.15, -0.1) is 0 Å². The first-order valence-corrected chi connectivity index (χ1v) is 5.41. The van der Waals surface area contributed by atoms with Crippen LogP contribution in [0.2, 0.25) is 0 Å². The Morgan fingerprint density at radius 3 is 2.94 bits per heavy atom. The maximum absolute atomic E-state index is 10.9. The number of aromatic carboxylic acids is 1. The van der Waals surface area contributed by atoms with E-state index in [1.807, 2.05) is 16.8 Å². The van der Waals surface area contributed by atoms with Gasteiger partial charge in [-0.1, -0.05) is 6.07 Å². The summed E-state index contributed by atoms with van der Waals surface area (Å²) in [6.45, 7) is 0.736. The summed E-state index contributed by atoms with van der Waals surface area (Å²) in [6, 6.07) is 9.13. The molecule has 2 rings (SSSR count). The monoisotopic (exact) mass is 228 g/mol. The molecular formula is C13H12N2O2. The largest absolute Gasteiger partial charge is 0.478 e. The number of aromatic nitrogens is 1. The number of aryl methyl sites for hydroxylation is 1. The third-order valence-corrected chi connectivity index (χ3v) is 2.71. The highest BCUT2D eigenvalue weighted by Crippen LogP contribution is 2.18. The Morgan fingerprint density at radius 2 is 2.24 bits per heavy atom. The van der Waals surface area contributed by atoms with E-state index in [-0.39, 0.29) is 5.56 Å². The van der Waals surface area contributed by atoms with Crippen molar-refractivity contribution < 1.29 is 9.90 Å². The van der Waals surface area contributed by atoms with Crippen molar-refractivity contribution >= 4 is 16.9 Å². The Hall–Kier alpha value is -2.28. The van der Waals surface area contributed by atoms with Gasteiger partial charge in [0.25, 0.3) is 0 Å². The molecule has 0 fully saturated rings. The number of nitrogens with zero attached hydrogens (tertiary/aromatic N) is 2. The van der Waals surface area contributed by atoms with Crippen molar-refractivity contribution in [3.8, 4) is 6.07 Å². The van der Waals surface area contributed by atoms with Crippen LogP contribution in [0, 0.1) is 11.3 Å². The van der Waals surface area contributed by atoms with E-state index in [1.54, 1.807) is 18.2 Å². The minimum absolute atomic E-state index is 0.290. The first kappa shape index (κ1) is 11.2. The van der Waals surface area contributed by atoms with Gasteiger partial charge in [-0.05, 0) is 30.0 Å². The van der Waals surface area contributed by atoms with E-state index in [9.17, 15) is 4.79 Å². The van der Waals surface area contributed by atoms with Crippen LogP contribution in [-0.2, 0) is 6.54 Å². The van der Waals surface area contributed by atoms with Crippen molar-refractivity contribution in [2.24, 2.45) is 0 Å². The summed E-state index contributed by atoms with van der Waals surface area (Å²) in [6.07, 6.45) is 3.21. The molecule has 1 aromatic carbocycles. The van der Waals surface area contributed by atoms with E-state index >= 15 is 0 Å². The fraction of sp³-hybridized carbons (Fsp3) is 0.231. The van der Waals surface area contributed by atoms with Crippen LogP contribution < -0.4 is 0 Å². The molecule has 86 valence electrons. The smallest absolute Gasteiger partial charge is 0.335 e. The minimum atomic E-state index is -0.920. The molecule has 0 unspecified atom stereocenters. The standard InChI is InChI=1S/C13H12N2O2/c14-6-1-2-7-15-8-5-10-3-4-11(13(16)17)9-12(10)15/h3-5,8-9H,1-2,7H2,(H,16,17). The van der Waals surface area contributed by atoms with Crippen molar-refractivity contribution in [1.29, 1.82) is 5.26 Å². The number of nitriles is 1. The Kier molecular flexibility index (Phi) is 3.10. The Bertz CT molecular complexity index is 593. The molecule has 0 atom stereocenters. The summed E-state index contributed by atoms with van der Waals surface area (Å²) >= 11 is 0. The van der Waals surface area contributed by atoms with E-state index in [0.717, 1.165) is 23.9 Å². The molecule has 0 aliphatic heterocycles. The number of benzene rings is 1. The minimum Gasteiger partial charge on any atom is -0.478 e. The van der Waals surface area contributed by atoms with Crippen LogP contribution in [-0.4, -0.2) is 15.6 Å². The fourth-order valence-corrected chi connectivity index (χ4v) is 1.84. The van der Waals surface area contributed by atoms with Crippen LogP contribution in [0.4, 0.5) is 0 Å². The van der Waals surface area contributed by atoms with Gasteiger partial charge < -0.3 is 9.67 Å². The van der Waals surface area contributed by atoms with Crippen LogP contribution >= 0.6 is 0 Å². The second-order valence-corrected chi connectivity index (χ2v) is 3.85. The van der Waals surface area contributed by atoms with E-state index in [2.05, 4.69) is 6.07 Å². The molecule has 1 heterocycles. The van der Waals surface area contributed by atoms with Crippen molar-refractivity contribution in [2.45, 2.75) is 19.4 Å². The van der Waals surface area contributed by atoms with Crippen molar-refractivity contribution in [3.63, 3.8) is 0 Å². The third kappa shape index (κ3) is 2.28. The molecule has 0 aliphatic carbocycles. The van der Waals surface area contributed by atoms with Crippen LogP contribution in [0.1, 0.15) is 23.2 Å². The average molecular weight is 228 g/mol. The van der Waals surface area contributed by atoms with Gasteiger partial charge in [0.2, 0.25) is 0 Å². The van der Waals surface area contributed by atoms with Crippen molar-refractivity contribution in [1.82, 2.24) is 4.57 Å². The predicted molar refractivity (Wildman–Crippen MR) is 63.7 cm³/mol. The first-order valence-electron chi connectivity index (χ1n) is 5.41. The Morgan fingerprint density at radius 1 is 1.41 bits per heavy atom. The molecule has 0 aliphatic rings. The molecule has 1 aromatic heterocycles. The molecule has 1 N–H and O–H groups in total. The highest BCUT2D eigenvalue weighted by Gasteiger charge is 2.06. The summed E-state index contributed by atoms with van der Waals surface area (Å²) in [5.41, 5.74) is 1.19. The zero-order chi connectivity index (χ0) is 12.3. The molecule has 2 aromatic rings. The van der Waals surface area contributed by atoms with Gasteiger partial charge in [-0.3, -0.25) is 0 Å². The number of fused-ring (bicyclic) bond motifs is 1. The molecular weight excluding hydrogens is 216 g/mol. The molecule has 0 saturated carbocycles. The summed E-state index contributed by atoms with van der Waals surface area (Å²) in [7, 11) is 0. The number of carbonyl (C=O) groups is 1. The highest BCUT2D eigenvalue weighted by atomic mass is 16.4.